The summed E-state index contributed by atoms with van der Waals surface area (Å²) in [6.45, 7) is 3.21. The molecule has 0 spiro atoms. The summed E-state index contributed by atoms with van der Waals surface area (Å²) in [6.07, 6.45) is 2.28. The highest BCUT2D eigenvalue weighted by molar-refractivity contribution is 6.31. The lowest BCUT2D eigenvalue weighted by Gasteiger charge is -2.11. The fraction of sp³-hybridized carbons (Fsp3) is 0.133. The van der Waals surface area contributed by atoms with Crippen LogP contribution in [0.1, 0.15) is 24.2 Å². The number of amides is 3. The summed E-state index contributed by atoms with van der Waals surface area (Å²) in [5, 5.41) is 11.3. The maximum atomic E-state index is 13.6. The highest BCUT2D eigenvalue weighted by Gasteiger charge is 2.21. The molecule has 4 aromatic rings. The SMILES string of the molecule is CCOC(=O)C(=CNC(=O)Nc1ccc(C(=O)Nc2ccc3ncnc(Nc4ccc(F)c(Cl)c4)c3c2)cc1)C(=O)OCC. The second-order valence-corrected chi connectivity index (χ2v) is 9.24. The van der Waals surface area contributed by atoms with E-state index >= 15 is 0 Å². The van der Waals surface area contributed by atoms with Crippen LogP contribution in [0.3, 0.4) is 0 Å². The monoisotopic (exact) mass is 620 g/mol. The van der Waals surface area contributed by atoms with Gasteiger partial charge in [0.15, 0.2) is 5.57 Å². The normalized spacial score (nSPS) is 10.4. The Bertz CT molecular complexity index is 1730. The van der Waals surface area contributed by atoms with Gasteiger partial charge in [-0.2, -0.15) is 0 Å². The Morgan fingerprint density at radius 2 is 1.50 bits per heavy atom. The summed E-state index contributed by atoms with van der Waals surface area (Å²) in [5.74, 6) is -2.42. The fourth-order valence-electron chi connectivity index (χ4n) is 3.78. The maximum absolute atomic E-state index is 13.6. The van der Waals surface area contributed by atoms with Crippen LogP contribution >= 0.6 is 11.6 Å². The van der Waals surface area contributed by atoms with Crippen molar-refractivity contribution in [3.8, 4) is 0 Å². The van der Waals surface area contributed by atoms with E-state index < -0.39 is 35.3 Å². The number of carbonyl (C=O) groups excluding carboxylic acids is 4. The Balaban J connectivity index is 1.41. The molecule has 4 rings (SSSR count). The lowest BCUT2D eigenvalue weighted by molar-refractivity contribution is -0.146. The molecule has 12 nitrogen and oxygen atoms in total. The molecule has 0 aliphatic carbocycles. The van der Waals surface area contributed by atoms with Gasteiger partial charge < -0.3 is 30.7 Å². The number of halogens is 2. The van der Waals surface area contributed by atoms with Crippen molar-refractivity contribution in [3.05, 3.63) is 95.2 Å². The van der Waals surface area contributed by atoms with Gasteiger partial charge in [0, 0.05) is 34.2 Å². The average molecular weight is 621 g/mol. The quantitative estimate of drug-likeness (QED) is 0.0771. The zero-order valence-corrected chi connectivity index (χ0v) is 24.2. The molecule has 3 aromatic carbocycles. The number of rotatable bonds is 10. The Hall–Kier alpha value is -5.56. The highest BCUT2D eigenvalue weighted by Crippen LogP contribution is 2.28. The summed E-state index contributed by atoms with van der Waals surface area (Å²) >= 11 is 5.89. The van der Waals surface area contributed by atoms with Crippen LogP contribution in [0.25, 0.3) is 10.9 Å². The Kier molecular flexibility index (Phi) is 10.4. The van der Waals surface area contributed by atoms with E-state index in [1.54, 1.807) is 32.0 Å². The molecule has 226 valence electrons. The van der Waals surface area contributed by atoms with E-state index in [1.807, 2.05) is 0 Å². The van der Waals surface area contributed by atoms with Gasteiger partial charge in [-0.25, -0.2) is 28.7 Å². The number of benzene rings is 3. The second-order valence-electron chi connectivity index (χ2n) is 8.84. The first-order chi connectivity index (χ1) is 21.2. The van der Waals surface area contributed by atoms with Crippen molar-refractivity contribution in [1.29, 1.82) is 0 Å². The molecule has 0 radical (unpaired) electrons. The Morgan fingerprint density at radius 1 is 0.841 bits per heavy atom. The summed E-state index contributed by atoms with van der Waals surface area (Å²) in [6, 6.07) is 14.5. The van der Waals surface area contributed by atoms with Crippen LogP contribution < -0.4 is 21.3 Å². The first kappa shape index (κ1) is 31.4. The van der Waals surface area contributed by atoms with Gasteiger partial charge in [0.25, 0.3) is 5.91 Å². The summed E-state index contributed by atoms with van der Waals surface area (Å²) in [4.78, 5) is 57.8. The molecule has 0 unspecified atom stereocenters. The van der Waals surface area contributed by atoms with Gasteiger partial charge in [-0.05, 0) is 74.5 Å². The summed E-state index contributed by atoms with van der Waals surface area (Å²) < 4.78 is 23.2. The molecule has 0 saturated heterocycles. The van der Waals surface area contributed by atoms with Crippen molar-refractivity contribution in [3.63, 3.8) is 0 Å². The van der Waals surface area contributed by atoms with Gasteiger partial charge in [0.2, 0.25) is 0 Å². The molecule has 1 heterocycles. The lowest BCUT2D eigenvalue weighted by atomic mass is 10.1. The molecule has 0 saturated carbocycles. The van der Waals surface area contributed by atoms with Gasteiger partial charge in [-0.3, -0.25) is 4.79 Å². The average Bonchev–Trinajstić information content (AvgIpc) is 3.00. The van der Waals surface area contributed by atoms with E-state index in [-0.39, 0.29) is 18.2 Å². The van der Waals surface area contributed by atoms with Crippen LogP contribution in [0.4, 0.5) is 32.1 Å². The smallest absolute Gasteiger partial charge is 0.347 e. The third-order valence-electron chi connectivity index (χ3n) is 5.82. The third-order valence-corrected chi connectivity index (χ3v) is 6.11. The lowest BCUT2D eigenvalue weighted by Crippen LogP contribution is -2.27. The third kappa shape index (κ3) is 8.04. The van der Waals surface area contributed by atoms with E-state index in [4.69, 9.17) is 21.1 Å². The summed E-state index contributed by atoms with van der Waals surface area (Å²) in [5.41, 5.74) is 1.74. The number of hydrogen-bond acceptors (Lipinski definition) is 9. The fourth-order valence-corrected chi connectivity index (χ4v) is 3.96. The van der Waals surface area contributed by atoms with Gasteiger partial charge >= 0.3 is 18.0 Å². The molecule has 0 bridgehead atoms. The molecule has 0 atom stereocenters. The van der Waals surface area contributed by atoms with E-state index in [1.165, 1.54) is 48.8 Å². The number of esters is 2. The highest BCUT2D eigenvalue weighted by atomic mass is 35.5. The van der Waals surface area contributed by atoms with Crippen LogP contribution in [0.15, 0.2) is 78.8 Å². The molecule has 14 heteroatoms. The van der Waals surface area contributed by atoms with E-state index in [9.17, 15) is 23.6 Å². The number of nitrogens with zero attached hydrogens (tertiary/aromatic N) is 2. The standard InChI is InChI=1S/C30H26ClFN6O6/c1-3-43-28(40)22(29(41)44-4-2)15-33-30(42)38-18-7-5-17(6-8-18)27(39)37-19-10-12-25-21(13-19)26(35-16-34-25)36-20-9-11-24(32)23(31)14-20/h5-16H,3-4H2,1-2H3,(H,37,39)(H2,33,38,42)(H,34,35,36). The molecule has 44 heavy (non-hydrogen) atoms. The number of urea groups is 1. The van der Waals surface area contributed by atoms with Crippen LogP contribution in [0, 0.1) is 5.82 Å². The van der Waals surface area contributed by atoms with Crippen molar-refractivity contribution in [2.75, 3.05) is 29.2 Å². The zero-order valence-electron chi connectivity index (χ0n) is 23.4. The van der Waals surface area contributed by atoms with Crippen LogP contribution in [0.2, 0.25) is 5.02 Å². The first-order valence-corrected chi connectivity index (χ1v) is 13.6. The zero-order chi connectivity index (χ0) is 31.6. The molecule has 0 fully saturated rings. The number of anilines is 4. The van der Waals surface area contributed by atoms with Gasteiger partial charge in [0.1, 0.15) is 18.0 Å². The number of carbonyl (C=O) groups is 4. The second kappa shape index (κ2) is 14.6. The van der Waals surface area contributed by atoms with Crippen molar-refractivity contribution >= 4 is 69.3 Å². The Labute approximate surface area is 255 Å². The predicted molar refractivity (Wildman–Crippen MR) is 162 cm³/mol. The van der Waals surface area contributed by atoms with Crippen molar-refractivity contribution in [2.45, 2.75) is 13.8 Å². The first-order valence-electron chi connectivity index (χ1n) is 13.2. The van der Waals surface area contributed by atoms with Gasteiger partial charge in [0.05, 0.1) is 23.8 Å². The Morgan fingerprint density at radius 3 is 2.16 bits per heavy atom. The maximum Gasteiger partial charge on any atom is 0.347 e. The van der Waals surface area contributed by atoms with Crippen molar-refractivity contribution < 1.29 is 33.0 Å². The van der Waals surface area contributed by atoms with Gasteiger partial charge in [-0.1, -0.05) is 11.6 Å². The molecule has 4 N–H and O–H groups in total. The number of ether oxygens (including phenoxy) is 2. The van der Waals surface area contributed by atoms with Crippen molar-refractivity contribution in [1.82, 2.24) is 15.3 Å². The van der Waals surface area contributed by atoms with E-state index in [2.05, 4.69) is 31.2 Å². The molecule has 1 aromatic heterocycles. The van der Waals surface area contributed by atoms with Crippen LogP contribution in [-0.4, -0.2) is 47.1 Å². The van der Waals surface area contributed by atoms with E-state index in [0.717, 1.165) is 6.20 Å². The molecular weight excluding hydrogens is 595 g/mol. The van der Waals surface area contributed by atoms with Gasteiger partial charge in [-0.15, -0.1) is 0 Å². The van der Waals surface area contributed by atoms with Crippen LogP contribution in [0.5, 0.6) is 0 Å². The minimum absolute atomic E-state index is 0.0302. The summed E-state index contributed by atoms with van der Waals surface area (Å²) in [7, 11) is 0. The predicted octanol–water partition coefficient (Wildman–Crippen LogP) is 5.55. The minimum atomic E-state index is -0.939. The number of fused-ring (bicyclic) bond motifs is 1. The number of aromatic nitrogens is 2. The molecule has 0 aliphatic heterocycles. The molecule has 3 amide bonds. The molecule has 0 aliphatic rings. The topological polar surface area (TPSA) is 161 Å². The van der Waals surface area contributed by atoms with E-state index in [0.29, 0.717) is 39.3 Å². The number of hydrogen-bond donors (Lipinski definition) is 4. The molecular formula is C30H26ClFN6O6. The van der Waals surface area contributed by atoms with Crippen LogP contribution in [-0.2, 0) is 19.1 Å². The minimum Gasteiger partial charge on any atom is -0.462 e. The van der Waals surface area contributed by atoms with Crippen molar-refractivity contribution in [2.24, 2.45) is 0 Å². The largest absolute Gasteiger partial charge is 0.462 e. The number of nitrogens with one attached hydrogen (secondary N) is 4.